The minimum absolute atomic E-state index is 0. The maximum Gasteiger partial charge on any atom is 0.258 e. The first-order valence-corrected chi connectivity index (χ1v) is 9.34. The molecule has 0 atom stereocenters. The number of imidazole rings is 1. The molecule has 1 aliphatic heterocycles. The first-order valence-electron chi connectivity index (χ1n) is 9.34. The van der Waals surface area contributed by atoms with Gasteiger partial charge in [-0.2, -0.15) is 0 Å². The second-order valence-corrected chi connectivity index (χ2v) is 6.87. The number of ether oxygens (including phenoxy) is 1. The lowest BCUT2D eigenvalue weighted by atomic mass is 10.2. The lowest BCUT2D eigenvalue weighted by Gasteiger charge is -2.12. The Kier molecular flexibility index (Phi) is 5.52. The Labute approximate surface area is 177 Å². The van der Waals surface area contributed by atoms with Crippen molar-refractivity contribution in [2.45, 2.75) is 19.6 Å². The highest BCUT2D eigenvalue weighted by molar-refractivity contribution is 5.85. The molecule has 0 aliphatic carbocycles. The van der Waals surface area contributed by atoms with Crippen LogP contribution in [0.4, 0.5) is 4.39 Å². The highest BCUT2D eigenvalue weighted by Gasteiger charge is 2.16. The van der Waals surface area contributed by atoms with Crippen LogP contribution in [-0.4, -0.2) is 25.5 Å². The number of halogens is 2. The van der Waals surface area contributed by atoms with Gasteiger partial charge in [0.2, 0.25) is 0 Å². The van der Waals surface area contributed by atoms with Gasteiger partial charge in [-0.1, -0.05) is 0 Å². The molecule has 7 nitrogen and oxygen atoms in total. The Morgan fingerprint density at radius 3 is 2.87 bits per heavy atom. The normalized spacial score (nSPS) is 13.0. The molecule has 4 aromatic rings. The Morgan fingerprint density at radius 1 is 1.17 bits per heavy atom. The second kappa shape index (κ2) is 8.25. The van der Waals surface area contributed by atoms with E-state index in [1.165, 1.54) is 17.8 Å². The lowest BCUT2D eigenvalue weighted by Crippen LogP contribution is -2.24. The topological polar surface area (TPSA) is 73.5 Å². The second-order valence-electron chi connectivity index (χ2n) is 6.87. The van der Waals surface area contributed by atoms with Gasteiger partial charge in [0.05, 0.1) is 29.0 Å². The number of nitrogens with zero attached hydrogens (tertiary/aromatic N) is 4. The van der Waals surface area contributed by atoms with Crippen LogP contribution in [0.25, 0.3) is 11.3 Å². The summed E-state index contributed by atoms with van der Waals surface area (Å²) in [5, 5.41) is 3.35. The molecule has 4 aromatic heterocycles. The maximum atomic E-state index is 12.9. The average Bonchev–Trinajstić information content (AvgIpc) is 3.11. The van der Waals surface area contributed by atoms with Gasteiger partial charge < -0.3 is 14.5 Å². The van der Waals surface area contributed by atoms with Crippen LogP contribution < -0.4 is 15.6 Å². The third-order valence-corrected chi connectivity index (χ3v) is 4.97. The van der Waals surface area contributed by atoms with Crippen LogP contribution >= 0.6 is 12.4 Å². The molecule has 1 aliphatic rings. The van der Waals surface area contributed by atoms with Crippen LogP contribution in [-0.2, 0) is 19.6 Å². The molecular formula is C21H19ClFN5O2. The highest BCUT2D eigenvalue weighted by atomic mass is 35.5. The fraction of sp³-hybridized carbons (Fsp3) is 0.190. The van der Waals surface area contributed by atoms with E-state index in [2.05, 4.69) is 14.7 Å². The molecule has 5 heterocycles. The van der Waals surface area contributed by atoms with E-state index in [-0.39, 0.29) is 24.6 Å². The third-order valence-electron chi connectivity index (χ3n) is 4.97. The predicted molar refractivity (Wildman–Crippen MR) is 112 cm³/mol. The molecule has 0 bridgehead atoms. The van der Waals surface area contributed by atoms with Gasteiger partial charge in [-0.25, -0.2) is 9.37 Å². The van der Waals surface area contributed by atoms with E-state index < -0.39 is 5.82 Å². The zero-order chi connectivity index (χ0) is 19.8. The molecule has 9 heteroatoms. The average molecular weight is 428 g/mol. The van der Waals surface area contributed by atoms with Crippen LogP contribution in [0.2, 0.25) is 0 Å². The zero-order valence-corrected chi connectivity index (χ0v) is 16.7. The van der Waals surface area contributed by atoms with Crippen molar-refractivity contribution in [2.24, 2.45) is 0 Å². The molecule has 0 aromatic carbocycles. The number of aromatic nitrogens is 4. The van der Waals surface area contributed by atoms with E-state index >= 15 is 0 Å². The van der Waals surface area contributed by atoms with Gasteiger partial charge in [-0.05, 0) is 24.3 Å². The summed E-state index contributed by atoms with van der Waals surface area (Å²) in [5.74, 6) is 0.0312. The van der Waals surface area contributed by atoms with Crippen LogP contribution in [0, 0.1) is 5.82 Å². The molecule has 30 heavy (non-hydrogen) atoms. The smallest absolute Gasteiger partial charge is 0.258 e. The van der Waals surface area contributed by atoms with E-state index in [1.54, 1.807) is 22.9 Å². The van der Waals surface area contributed by atoms with Crippen LogP contribution in [0.1, 0.15) is 17.1 Å². The molecular weight excluding hydrogens is 409 g/mol. The first-order chi connectivity index (χ1) is 14.2. The van der Waals surface area contributed by atoms with E-state index in [9.17, 15) is 9.18 Å². The molecule has 154 valence electrons. The zero-order valence-electron chi connectivity index (χ0n) is 15.9. The monoisotopic (exact) mass is 427 g/mol. The molecule has 1 N–H and O–H groups in total. The van der Waals surface area contributed by atoms with Gasteiger partial charge in [0.15, 0.2) is 0 Å². The van der Waals surface area contributed by atoms with E-state index in [1.807, 2.05) is 18.3 Å². The highest BCUT2D eigenvalue weighted by Crippen LogP contribution is 2.19. The molecule has 0 radical (unpaired) electrons. The summed E-state index contributed by atoms with van der Waals surface area (Å²) in [7, 11) is 0. The summed E-state index contributed by atoms with van der Waals surface area (Å²) in [6, 6.07) is 9.81. The lowest BCUT2D eigenvalue weighted by molar-refractivity contribution is 0.300. The molecule has 0 saturated carbocycles. The fourth-order valence-corrected chi connectivity index (χ4v) is 3.50. The number of fused-ring (bicyclic) bond motifs is 3. The standard InChI is InChI=1S/C21H18FN5O2.ClH/c22-14-1-2-15(24-11-14)13-29-17-5-8-26(21(28)10-17)16-4-7-27-19-12-23-6-3-18(19)25-20(27)9-16;/h1-2,4-5,7-11,23H,3,6,12-13H2;1H. The molecule has 0 unspecified atom stereocenters. The number of rotatable bonds is 4. The van der Waals surface area contributed by atoms with Gasteiger partial charge in [0.25, 0.3) is 5.56 Å². The van der Waals surface area contributed by atoms with Gasteiger partial charge >= 0.3 is 0 Å². The minimum Gasteiger partial charge on any atom is -0.487 e. The van der Waals surface area contributed by atoms with Crippen molar-refractivity contribution < 1.29 is 9.13 Å². The quantitative estimate of drug-likeness (QED) is 0.542. The van der Waals surface area contributed by atoms with Crippen LogP contribution in [0.5, 0.6) is 5.75 Å². The number of pyridine rings is 3. The number of hydrogen-bond donors (Lipinski definition) is 1. The Bertz CT molecular complexity index is 1250. The van der Waals surface area contributed by atoms with Gasteiger partial charge in [-0.3, -0.25) is 14.3 Å². The minimum atomic E-state index is -0.400. The fourth-order valence-electron chi connectivity index (χ4n) is 3.50. The largest absolute Gasteiger partial charge is 0.487 e. The van der Waals surface area contributed by atoms with Crippen molar-refractivity contribution in [1.29, 1.82) is 0 Å². The molecule has 0 fully saturated rings. The third kappa shape index (κ3) is 3.79. The Morgan fingerprint density at radius 2 is 2.07 bits per heavy atom. The van der Waals surface area contributed by atoms with Crippen LogP contribution in [0.15, 0.2) is 59.8 Å². The van der Waals surface area contributed by atoms with E-state index in [0.717, 1.165) is 42.7 Å². The predicted octanol–water partition coefficient (Wildman–Crippen LogP) is 2.67. The number of hydrogen-bond acceptors (Lipinski definition) is 5. The van der Waals surface area contributed by atoms with Crippen molar-refractivity contribution in [3.63, 3.8) is 0 Å². The van der Waals surface area contributed by atoms with E-state index in [4.69, 9.17) is 9.72 Å². The van der Waals surface area contributed by atoms with Crippen molar-refractivity contribution in [2.75, 3.05) is 6.54 Å². The molecule has 0 amide bonds. The van der Waals surface area contributed by atoms with Crippen molar-refractivity contribution >= 4 is 18.1 Å². The SMILES string of the molecule is Cl.O=c1cc(OCc2ccc(F)cn2)ccn1-c1ccn2c3c(nc2c1)CCNC3. The summed E-state index contributed by atoms with van der Waals surface area (Å²) < 4.78 is 22.1. The Balaban J connectivity index is 0.00000218. The molecule has 5 rings (SSSR count). The first kappa shape index (κ1) is 20.1. The van der Waals surface area contributed by atoms with E-state index in [0.29, 0.717) is 11.4 Å². The summed E-state index contributed by atoms with van der Waals surface area (Å²) in [5.41, 5.74) is 4.21. The van der Waals surface area contributed by atoms with Crippen molar-refractivity contribution in [1.82, 2.24) is 24.3 Å². The molecule has 0 saturated heterocycles. The summed E-state index contributed by atoms with van der Waals surface area (Å²) >= 11 is 0. The number of nitrogens with one attached hydrogen (secondary N) is 1. The van der Waals surface area contributed by atoms with Crippen LogP contribution in [0.3, 0.4) is 0 Å². The summed E-state index contributed by atoms with van der Waals surface area (Å²) in [4.78, 5) is 21.3. The summed E-state index contributed by atoms with van der Waals surface area (Å²) in [6.07, 6.45) is 5.66. The maximum absolute atomic E-state index is 12.9. The van der Waals surface area contributed by atoms with Gasteiger partial charge in [0.1, 0.15) is 23.8 Å². The van der Waals surface area contributed by atoms with Gasteiger partial charge in [-0.15, -0.1) is 12.4 Å². The van der Waals surface area contributed by atoms with Crippen molar-refractivity contribution in [3.05, 3.63) is 88.2 Å². The van der Waals surface area contributed by atoms with Gasteiger partial charge in [0, 0.05) is 44.0 Å². The summed E-state index contributed by atoms with van der Waals surface area (Å²) in [6.45, 7) is 1.88. The van der Waals surface area contributed by atoms with Crippen molar-refractivity contribution in [3.8, 4) is 11.4 Å². The Hall–Kier alpha value is -3.23. The molecule has 0 spiro atoms.